The molecule has 1 aliphatic carbocycles. The van der Waals surface area contributed by atoms with Gasteiger partial charge in [0.1, 0.15) is 11.9 Å². The largest absolute Gasteiger partial charge is 0.460 e. The lowest BCUT2D eigenvalue weighted by atomic mass is 9.86. The number of carbonyl (C=O) groups excluding carboxylic acids is 4. The van der Waals surface area contributed by atoms with Crippen molar-refractivity contribution < 1.29 is 38.1 Å². The molecule has 12 heteroatoms. The van der Waals surface area contributed by atoms with Crippen LogP contribution in [0.3, 0.4) is 0 Å². The minimum Gasteiger partial charge on any atom is -0.460 e. The molecule has 1 saturated heterocycles. The lowest BCUT2D eigenvalue weighted by Crippen LogP contribution is -2.40. The number of aldehydes is 1. The number of ether oxygens (including phenoxy) is 4. The predicted octanol–water partition coefficient (Wildman–Crippen LogP) is 2.76. The van der Waals surface area contributed by atoms with Gasteiger partial charge in [-0.1, -0.05) is 18.7 Å². The quantitative estimate of drug-likeness (QED) is 0.0808. The van der Waals surface area contributed by atoms with Gasteiger partial charge in [-0.25, -0.2) is 0 Å². The van der Waals surface area contributed by atoms with Crippen LogP contribution < -0.4 is 10.6 Å². The fourth-order valence-corrected chi connectivity index (χ4v) is 4.24. The second-order valence-electron chi connectivity index (χ2n) is 11.7. The molecular weight excluding hydrogens is 580 g/mol. The minimum atomic E-state index is -0.451. The Hall–Kier alpha value is -2.93. The Balaban J connectivity index is 0.000000977. The average Bonchev–Trinajstić information content (AvgIpc) is 3.33. The molecule has 0 aromatic carbocycles. The molecule has 1 unspecified atom stereocenters. The summed E-state index contributed by atoms with van der Waals surface area (Å²) in [5.74, 6) is -0.166. The zero-order valence-corrected chi connectivity index (χ0v) is 28.4. The topological polar surface area (TPSA) is 145 Å². The van der Waals surface area contributed by atoms with Crippen LogP contribution in [0.4, 0.5) is 0 Å². The second kappa shape index (κ2) is 26.3. The Morgan fingerprint density at radius 2 is 1.60 bits per heavy atom. The molecule has 0 aromatic heterocycles. The Labute approximate surface area is 270 Å². The summed E-state index contributed by atoms with van der Waals surface area (Å²) < 4.78 is 21.6. The van der Waals surface area contributed by atoms with E-state index in [2.05, 4.69) is 22.2 Å². The summed E-state index contributed by atoms with van der Waals surface area (Å²) >= 11 is 0. The summed E-state index contributed by atoms with van der Waals surface area (Å²) in [7, 11) is 5.33. The highest BCUT2D eigenvalue weighted by Gasteiger charge is 2.30. The number of rotatable bonds is 17. The number of nitrogens with one attached hydrogen (secondary N) is 2. The maximum Gasteiger partial charge on any atom is 0.309 e. The molecule has 0 bridgehead atoms. The van der Waals surface area contributed by atoms with Crippen LogP contribution in [-0.4, -0.2) is 121 Å². The number of hydrogen-bond donors (Lipinski definition) is 2. The maximum absolute atomic E-state index is 12.1. The first kappa shape index (κ1) is 42.1. The van der Waals surface area contributed by atoms with E-state index in [-0.39, 0.29) is 35.7 Å². The van der Waals surface area contributed by atoms with E-state index >= 15 is 0 Å². The molecule has 0 aromatic rings. The summed E-state index contributed by atoms with van der Waals surface area (Å²) in [6, 6.07) is 0.132. The van der Waals surface area contributed by atoms with Gasteiger partial charge in [0, 0.05) is 58.2 Å². The number of likely N-dealkylation sites (N-methyl/N-ethyl adjacent to an activating group) is 1. The number of nitrogens with zero attached hydrogens (tertiary/aromatic N) is 2. The van der Waals surface area contributed by atoms with Gasteiger partial charge in [-0.2, -0.15) is 0 Å². The molecule has 2 aliphatic rings. The molecule has 45 heavy (non-hydrogen) atoms. The van der Waals surface area contributed by atoms with Crippen molar-refractivity contribution in [3.05, 3.63) is 24.8 Å². The van der Waals surface area contributed by atoms with Gasteiger partial charge in [-0.15, -0.1) is 0 Å². The molecular formula is C33H58N4O8. The van der Waals surface area contributed by atoms with Crippen molar-refractivity contribution >= 4 is 30.3 Å². The van der Waals surface area contributed by atoms with Crippen molar-refractivity contribution in [3.8, 4) is 0 Å². The van der Waals surface area contributed by atoms with E-state index in [1.807, 2.05) is 40.0 Å². The Morgan fingerprint density at radius 1 is 1.00 bits per heavy atom. The van der Waals surface area contributed by atoms with Crippen LogP contribution in [0.25, 0.3) is 0 Å². The van der Waals surface area contributed by atoms with Gasteiger partial charge >= 0.3 is 5.97 Å². The van der Waals surface area contributed by atoms with E-state index in [0.717, 1.165) is 38.5 Å². The molecule has 2 amide bonds. The SMILES string of the molecule is C=C/C=C\C=NC.CN1CC(C=O)CC1=O.CNCCOCCOCCOCCC(=O)NC1CCC(C(=O)OC(C)(C)C)CC1. The number of allylic oxidation sites excluding steroid dienone is 3. The zero-order chi connectivity index (χ0) is 33.9. The van der Waals surface area contributed by atoms with Gasteiger partial charge in [0.05, 0.1) is 45.6 Å². The van der Waals surface area contributed by atoms with E-state index in [1.165, 1.54) is 0 Å². The van der Waals surface area contributed by atoms with Gasteiger partial charge in [0.15, 0.2) is 0 Å². The number of amides is 2. The number of aliphatic imine (C=N–C) groups is 1. The number of carbonyl (C=O) groups is 4. The Kier molecular flexibility index (Phi) is 24.6. The molecule has 1 atom stereocenters. The highest BCUT2D eigenvalue weighted by atomic mass is 16.6. The standard InChI is InChI=1S/C21H40N2O6.C6H9NO2.C6H9N/c1-21(2,3)29-20(25)17-5-7-18(8-6-17)23-19(24)9-11-26-13-15-28-16-14-27-12-10-22-4;1-7-3-5(4-8)2-6(7)9;1-3-4-5-6-7-2/h17-18,22H,5-16H2,1-4H3,(H,23,24);4-5H,2-3H2,1H3;3-6H,1H2,2H3/b;;5-4-,7-6?. The fourth-order valence-electron chi connectivity index (χ4n) is 4.24. The van der Waals surface area contributed by atoms with E-state index in [0.29, 0.717) is 59.0 Å². The highest BCUT2D eigenvalue weighted by molar-refractivity contribution is 5.82. The maximum atomic E-state index is 12.1. The third-order valence-corrected chi connectivity index (χ3v) is 6.59. The van der Waals surface area contributed by atoms with Crippen molar-refractivity contribution in [1.82, 2.24) is 15.5 Å². The lowest BCUT2D eigenvalue weighted by molar-refractivity contribution is -0.161. The number of likely N-dealkylation sites (tertiary alicyclic amines) is 1. The summed E-state index contributed by atoms with van der Waals surface area (Å²) in [5, 5.41) is 6.04. The summed E-state index contributed by atoms with van der Waals surface area (Å²) in [6.07, 6.45) is 11.8. The van der Waals surface area contributed by atoms with Crippen molar-refractivity contribution in [3.63, 3.8) is 0 Å². The molecule has 12 nitrogen and oxygen atoms in total. The first-order valence-corrected chi connectivity index (χ1v) is 15.8. The van der Waals surface area contributed by atoms with E-state index < -0.39 is 5.60 Å². The minimum absolute atomic E-state index is 0.00966. The molecule has 1 aliphatic heterocycles. The first-order valence-electron chi connectivity index (χ1n) is 15.8. The molecule has 0 spiro atoms. The molecule has 2 fully saturated rings. The van der Waals surface area contributed by atoms with Gasteiger partial charge in [0.25, 0.3) is 0 Å². The van der Waals surface area contributed by atoms with Gasteiger partial charge < -0.3 is 39.3 Å². The second-order valence-corrected chi connectivity index (χ2v) is 11.7. The third kappa shape index (κ3) is 24.0. The van der Waals surface area contributed by atoms with Crippen molar-refractivity contribution in [2.45, 2.75) is 70.9 Å². The van der Waals surface area contributed by atoms with Gasteiger partial charge in [-0.05, 0) is 59.6 Å². The van der Waals surface area contributed by atoms with E-state index in [1.54, 1.807) is 31.3 Å². The van der Waals surface area contributed by atoms with Crippen LogP contribution in [0.2, 0.25) is 0 Å². The highest BCUT2D eigenvalue weighted by Crippen LogP contribution is 2.27. The Morgan fingerprint density at radius 3 is 2.07 bits per heavy atom. The first-order chi connectivity index (χ1) is 21.5. The zero-order valence-electron chi connectivity index (χ0n) is 28.4. The molecule has 2 N–H and O–H groups in total. The predicted molar refractivity (Wildman–Crippen MR) is 176 cm³/mol. The summed E-state index contributed by atoms with van der Waals surface area (Å²) in [6.45, 7) is 13.7. The lowest BCUT2D eigenvalue weighted by Gasteiger charge is -2.30. The number of hydrogen-bond acceptors (Lipinski definition) is 10. The fraction of sp³-hybridized carbons (Fsp3) is 0.727. The molecule has 258 valence electrons. The summed E-state index contributed by atoms with van der Waals surface area (Å²) in [4.78, 5) is 50.3. The molecule has 0 radical (unpaired) electrons. The normalized spacial score (nSPS) is 19.8. The van der Waals surface area contributed by atoms with Crippen LogP contribution in [0.1, 0.15) is 59.3 Å². The third-order valence-electron chi connectivity index (χ3n) is 6.59. The molecule has 1 heterocycles. The van der Waals surface area contributed by atoms with Gasteiger partial charge in [-0.3, -0.25) is 19.4 Å². The van der Waals surface area contributed by atoms with Gasteiger partial charge in [0.2, 0.25) is 11.8 Å². The van der Waals surface area contributed by atoms with Crippen LogP contribution in [0.15, 0.2) is 29.8 Å². The van der Waals surface area contributed by atoms with Crippen molar-refractivity contribution in [2.24, 2.45) is 16.8 Å². The summed E-state index contributed by atoms with van der Waals surface area (Å²) in [5.41, 5.74) is -0.451. The monoisotopic (exact) mass is 638 g/mol. The Bertz CT molecular complexity index is 896. The van der Waals surface area contributed by atoms with Crippen molar-refractivity contribution in [1.29, 1.82) is 0 Å². The van der Waals surface area contributed by atoms with Crippen LogP contribution in [0, 0.1) is 11.8 Å². The molecule has 1 saturated carbocycles. The van der Waals surface area contributed by atoms with E-state index in [4.69, 9.17) is 18.9 Å². The smallest absolute Gasteiger partial charge is 0.309 e. The van der Waals surface area contributed by atoms with E-state index in [9.17, 15) is 19.2 Å². The number of esters is 1. The van der Waals surface area contributed by atoms with Crippen LogP contribution in [-0.2, 0) is 38.1 Å². The molecule has 2 rings (SSSR count). The average molecular weight is 639 g/mol. The van der Waals surface area contributed by atoms with Crippen molar-refractivity contribution in [2.75, 3.05) is 73.9 Å². The van der Waals surface area contributed by atoms with Crippen LogP contribution in [0.5, 0.6) is 0 Å². The van der Waals surface area contributed by atoms with Crippen LogP contribution >= 0.6 is 0 Å².